The van der Waals surface area contributed by atoms with Gasteiger partial charge in [-0.25, -0.2) is 4.79 Å². The van der Waals surface area contributed by atoms with Crippen molar-refractivity contribution in [2.24, 2.45) is 7.05 Å². The van der Waals surface area contributed by atoms with Gasteiger partial charge in [0, 0.05) is 12.7 Å². The molecule has 6 heteroatoms. The zero-order valence-electron chi connectivity index (χ0n) is 11.6. The molecular formula is C13H19N3O3. The number of carbonyl (C=O) groups is 2. The summed E-state index contributed by atoms with van der Waals surface area (Å²) in [4.78, 5) is 23.2. The highest BCUT2D eigenvalue weighted by atomic mass is 16.4. The van der Waals surface area contributed by atoms with E-state index in [-0.39, 0.29) is 6.42 Å². The molecule has 0 aromatic carbocycles. The number of amides is 1. The number of nitrogens with zero attached hydrogens (tertiary/aromatic N) is 2. The summed E-state index contributed by atoms with van der Waals surface area (Å²) in [5.41, 5.74) is 1.74. The summed E-state index contributed by atoms with van der Waals surface area (Å²) in [5, 5.41) is 15.7. The minimum Gasteiger partial charge on any atom is -0.480 e. The number of hydrogen-bond acceptors (Lipinski definition) is 3. The fourth-order valence-electron chi connectivity index (χ4n) is 1.83. The molecule has 2 N–H and O–H groups in total. The zero-order chi connectivity index (χ0) is 14.6. The highest BCUT2D eigenvalue weighted by Crippen LogP contribution is 2.12. The SMILES string of the molecule is C/C=C/CC(NC(=O)c1c(C)nn(C)c1C)C(=O)O. The van der Waals surface area contributed by atoms with Crippen molar-refractivity contribution in [2.75, 3.05) is 0 Å². The Morgan fingerprint density at radius 2 is 2.11 bits per heavy atom. The maximum absolute atomic E-state index is 12.1. The van der Waals surface area contributed by atoms with Crippen molar-refractivity contribution >= 4 is 11.9 Å². The third-order valence-corrected chi connectivity index (χ3v) is 2.95. The van der Waals surface area contributed by atoms with Crippen molar-refractivity contribution in [3.8, 4) is 0 Å². The largest absolute Gasteiger partial charge is 0.480 e. The van der Waals surface area contributed by atoms with Crippen LogP contribution in [-0.4, -0.2) is 32.8 Å². The molecule has 0 radical (unpaired) electrons. The number of aromatic nitrogens is 2. The second-order valence-electron chi connectivity index (χ2n) is 4.34. The molecule has 1 rings (SSSR count). The van der Waals surface area contributed by atoms with E-state index in [1.54, 1.807) is 44.7 Å². The molecule has 0 saturated carbocycles. The topological polar surface area (TPSA) is 84.2 Å². The number of allylic oxidation sites excluding steroid dienone is 1. The Kier molecular flexibility index (Phi) is 4.86. The summed E-state index contributed by atoms with van der Waals surface area (Å²) in [5.74, 6) is -1.45. The molecule has 1 aromatic heterocycles. The molecular weight excluding hydrogens is 246 g/mol. The van der Waals surface area contributed by atoms with E-state index in [9.17, 15) is 9.59 Å². The molecule has 0 fully saturated rings. The first-order chi connectivity index (χ1) is 8.88. The Morgan fingerprint density at radius 1 is 1.47 bits per heavy atom. The van der Waals surface area contributed by atoms with Crippen molar-refractivity contribution in [2.45, 2.75) is 33.2 Å². The lowest BCUT2D eigenvalue weighted by Crippen LogP contribution is -2.40. The number of aryl methyl sites for hydroxylation is 2. The zero-order valence-corrected chi connectivity index (χ0v) is 11.6. The van der Waals surface area contributed by atoms with Crippen molar-refractivity contribution in [1.29, 1.82) is 0 Å². The Balaban J connectivity index is 2.90. The molecule has 0 aliphatic heterocycles. The molecule has 0 spiro atoms. The van der Waals surface area contributed by atoms with Crippen LogP contribution in [0, 0.1) is 13.8 Å². The van der Waals surface area contributed by atoms with Crippen LogP contribution in [0.15, 0.2) is 12.2 Å². The smallest absolute Gasteiger partial charge is 0.326 e. The lowest BCUT2D eigenvalue weighted by molar-refractivity contribution is -0.139. The summed E-state index contributed by atoms with van der Waals surface area (Å²) >= 11 is 0. The van der Waals surface area contributed by atoms with Gasteiger partial charge in [0.15, 0.2) is 0 Å². The van der Waals surface area contributed by atoms with Gasteiger partial charge in [-0.3, -0.25) is 9.48 Å². The van der Waals surface area contributed by atoms with E-state index in [1.165, 1.54) is 0 Å². The number of carboxylic acids is 1. The third-order valence-electron chi connectivity index (χ3n) is 2.95. The van der Waals surface area contributed by atoms with Gasteiger partial charge < -0.3 is 10.4 Å². The molecule has 1 amide bonds. The minimum absolute atomic E-state index is 0.260. The Bertz CT molecular complexity index is 517. The molecule has 0 saturated heterocycles. The third kappa shape index (κ3) is 3.43. The second-order valence-corrected chi connectivity index (χ2v) is 4.34. The fraction of sp³-hybridized carbons (Fsp3) is 0.462. The fourth-order valence-corrected chi connectivity index (χ4v) is 1.83. The average Bonchev–Trinajstić information content (AvgIpc) is 2.58. The van der Waals surface area contributed by atoms with E-state index < -0.39 is 17.9 Å². The van der Waals surface area contributed by atoms with Crippen LogP contribution >= 0.6 is 0 Å². The van der Waals surface area contributed by atoms with E-state index in [1.807, 2.05) is 0 Å². The number of aliphatic carboxylic acids is 1. The summed E-state index contributed by atoms with van der Waals surface area (Å²) in [6.07, 6.45) is 3.72. The van der Waals surface area contributed by atoms with Crippen LogP contribution in [0.1, 0.15) is 35.1 Å². The van der Waals surface area contributed by atoms with Crippen molar-refractivity contribution < 1.29 is 14.7 Å². The molecule has 6 nitrogen and oxygen atoms in total. The van der Waals surface area contributed by atoms with Gasteiger partial charge in [0.2, 0.25) is 0 Å². The van der Waals surface area contributed by atoms with Gasteiger partial charge in [-0.15, -0.1) is 0 Å². The summed E-state index contributed by atoms with van der Waals surface area (Å²) in [6.45, 7) is 5.30. The summed E-state index contributed by atoms with van der Waals surface area (Å²) in [7, 11) is 1.74. The lowest BCUT2D eigenvalue weighted by Gasteiger charge is -2.12. The molecule has 0 aliphatic carbocycles. The number of carboxylic acid groups (broad SMARTS) is 1. The molecule has 0 aliphatic rings. The van der Waals surface area contributed by atoms with Gasteiger partial charge in [0.25, 0.3) is 5.91 Å². The molecule has 1 aromatic rings. The standard InChI is InChI=1S/C13H19N3O3/c1-5-6-7-10(13(18)19)14-12(17)11-8(2)15-16(4)9(11)3/h5-6,10H,7H2,1-4H3,(H,14,17)(H,18,19)/b6-5+. The van der Waals surface area contributed by atoms with Crippen molar-refractivity contribution in [3.63, 3.8) is 0 Å². The molecule has 1 unspecified atom stereocenters. The van der Waals surface area contributed by atoms with Gasteiger partial charge in [0.05, 0.1) is 11.3 Å². The van der Waals surface area contributed by atoms with Crippen LogP contribution in [0.4, 0.5) is 0 Å². The highest BCUT2D eigenvalue weighted by molar-refractivity contribution is 5.98. The second kappa shape index (κ2) is 6.17. The van der Waals surface area contributed by atoms with Crippen LogP contribution in [0.5, 0.6) is 0 Å². The number of nitrogens with one attached hydrogen (secondary N) is 1. The van der Waals surface area contributed by atoms with E-state index in [4.69, 9.17) is 5.11 Å². The minimum atomic E-state index is -1.05. The first kappa shape index (κ1) is 14.9. The van der Waals surface area contributed by atoms with Crippen molar-refractivity contribution in [1.82, 2.24) is 15.1 Å². The van der Waals surface area contributed by atoms with Crippen LogP contribution in [0.3, 0.4) is 0 Å². The van der Waals surface area contributed by atoms with E-state index >= 15 is 0 Å². The van der Waals surface area contributed by atoms with Gasteiger partial charge in [-0.1, -0.05) is 12.2 Å². The van der Waals surface area contributed by atoms with Crippen LogP contribution in [0.2, 0.25) is 0 Å². The first-order valence-corrected chi connectivity index (χ1v) is 6.03. The van der Waals surface area contributed by atoms with E-state index in [0.29, 0.717) is 17.0 Å². The monoisotopic (exact) mass is 265 g/mol. The molecule has 1 heterocycles. The van der Waals surface area contributed by atoms with Crippen LogP contribution in [-0.2, 0) is 11.8 Å². The van der Waals surface area contributed by atoms with Crippen LogP contribution in [0.25, 0.3) is 0 Å². The molecule has 0 bridgehead atoms. The maximum Gasteiger partial charge on any atom is 0.326 e. The Morgan fingerprint density at radius 3 is 2.53 bits per heavy atom. The summed E-state index contributed by atoms with van der Waals surface area (Å²) in [6, 6.07) is -0.928. The van der Waals surface area contributed by atoms with Gasteiger partial charge in [0.1, 0.15) is 6.04 Å². The number of rotatable bonds is 5. The Hall–Kier alpha value is -2.11. The lowest BCUT2D eigenvalue weighted by atomic mass is 10.1. The van der Waals surface area contributed by atoms with Gasteiger partial charge >= 0.3 is 5.97 Å². The number of carbonyl (C=O) groups excluding carboxylic acids is 1. The molecule has 104 valence electrons. The predicted molar refractivity (Wildman–Crippen MR) is 71.0 cm³/mol. The highest BCUT2D eigenvalue weighted by Gasteiger charge is 2.23. The van der Waals surface area contributed by atoms with E-state index in [2.05, 4.69) is 10.4 Å². The molecule has 1 atom stereocenters. The van der Waals surface area contributed by atoms with Gasteiger partial charge in [-0.05, 0) is 27.2 Å². The van der Waals surface area contributed by atoms with Gasteiger partial charge in [-0.2, -0.15) is 5.10 Å². The maximum atomic E-state index is 12.1. The Labute approximate surface area is 112 Å². The molecule has 19 heavy (non-hydrogen) atoms. The number of hydrogen-bond donors (Lipinski definition) is 2. The normalized spacial score (nSPS) is 12.6. The van der Waals surface area contributed by atoms with Crippen LogP contribution < -0.4 is 5.32 Å². The average molecular weight is 265 g/mol. The quantitative estimate of drug-likeness (QED) is 0.783. The first-order valence-electron chi connectivity index (χ1n) is 6.03. The summed E-state index contributed by atoms with van der Waals surface area (Å²) < 4.78 is 1.60. The predicted octanol–water partition coefficient (Wildman–Crippen LogP) is 1.19. The van der Waals surface area contributed by atoms with Crippen molar-refractivity contribution in [3.05, 3.63) is 29.1 Å². The van der Waals surface area contributed by atoms with E-state index in [0.717, 1.165) is 0 Å².